The Bertz CT molecular complexity index is 438. The molecule has 2 rings (SSSR count). The SMILES string of the molecule is CC(CCN)c1cc2c(cc1C(F)F)OCCCO2. The number of rotatable bonds is 4. The Hall–Kier alpha value is -1.36. The van der Waals surface area contributed by atoms with Crippen LogP contribution in [-0.4, -0.2) is 19.8 Å². The third kappa shape index (κ3) is 3.15. The Morgan fingerprint density at radius 1 is 1.16 bits per heavy atom. The fraction of sp³-hybridized carbons (Fsp3) is 0.571. The standard InChI is InChI=1S/C14H19F2NO2/c1-9(3-4-17)10-7-12-13(8-11(10)14(15)16)19-6-2-5-18-12/h7-9,14H,2-6,17H2,1H3. The van der Waals surface area contributed by atoms with Gasteiger partial charge in [-0.05, 0) is 36.6 Å². The van der Waals surface area contributed by atoms with Crippen LogP contribution >= 0.6 is 0 Å². The monoisotopic (exact) mass is 271 g/mol. The normalized spacial score (nSPS) is 16.3. The first-order chi connectivity index (χ1) is 9.13. The molecular weight excluding hydrogens is 252 g/mol. The summed E-state index contributed by atoms with van der Waals surface area (Å²) < 4.78 is 37.3. The molecule has 2 N–H and O–H groups in total. The van der Waals surface area contributed by atoms with Gasteiger partial charge in [0.25, 0.3) is 6.43 Å². The van der Waals surface area contributed by atoms with Crippen LogP contribution in [0.15, 0.2) is 12.1 Å². The molecule has 0 bridgehead atoms. The van der Waals surface area contributed by atoms with E-state index in [1.807, 2.05) is 6.92 Å². The fourth-order valence-electron chi connectivity index (χ4n) is 2.26. The molecule has 0 aliphatic carbocycles. The first kappa shape index (κ1) is 14.1. The number of nitrogens with two attached hydrogens (primary N) is 1. The molecule has 1 atom stereocenters. The minimum atomic E-state index is -2.52. The quantitative estimate of drug-likeness (QED) is 0.914. The van der Waals surface area contributed by atoms with Gasteiger partial charge in [-0.3, -0.25) is 0 Å². The number of halogens is 2. The summed E-state index contributed by atoms with van der Waals surface area (Å²) in [7, 11) is 0. The molecule has 0 amide bonds. The Balaban J connectivity index is 2.42. The predicted molar refractivity (Wildman–Crippen MR) is 69.1 cm³/mol. The predicted octanol–water partition coefficient (Wildman–Crippen LogP) is 3.24. The van der Waals surface area contributed by atoms with Crippen LogP contribution in [0.5, 0.6) is 11.5 Å². The van der Waals surface area contributed by atoms with E-state index in [-0.39, 0.29) is 11.5 Å². The molecule has 5 heteroatoms. The van der Waals surface area contributed by atoms with Crippen molar-refractivity contribution in [2.75, 3.05) is 19.8 Å². The second-order valence-corrected chi connectivity index (χ2v) is 4.76. The molecule has 0 saturated heterocycles. The van der Waals surface area contributed by atoms with Crippen molar-refractivity contribution >= 4 is 0 Å². The highest BCUT2D eigenvalue weighted by molar-refractivity contribution is 5.49. The Kier molecular flexibility index (Phi) is 4.58. The van der Waals surface area contributed by atoms with Crippen molar-refractivity contribution in [2.45, 2.75) is 32.1 Å². The number of benzene rings is 1. The highest BCUT2D eigenvalue weighted by atomic mass is 19.3. The molecule has 1 heterocycles. The summed E-state index contributed by atoms with van der Waals surface area (Å²) in [5, 5.41) is 0. The van der Waals surface area contributed by atoms with Gasteiger partial charge in [0.2, 0.25) is 0 Å². The first-order valence-electron chi connectivity index (χ1n) is 6.55. The number of hydrogen-bond acceptors (Lipinski definition) is 3. The van der Waals surface area contributed by atoms with Gasteiger partial charge in [-0.25, -0.2) is 8.78 Å². The van der Waals surface area contributed by atoms with Gasteiger partial charge >= 0.3 is 0 Å². The summed E-state index contributed by atoms with van der Waals surface area (Å²) in [5.74, 6) is 0.948. The molecule has 3 nitrogen and oxygen atoms in total. The molecule has 19 heavy (non-hydrogen) atoms. The van der Waals surface area contributed by atoms with Crippen LogP contribution in [0.1, 0.15) is 43.2 Å². The minimum absolute atomic E-state index is 0.0187. The van der Waals surface area contributed by atoms with Crippen LogP contribution in [-0.2, 0) is 0 Å². The summed E-state index contributed by atoms with van der Waals surface area (Å²) in [6, 6.07) is 3.09. The summed E-state index contributed by atoms with van der Waals surface area (Å²) in [6.07, 6.45) is -1.10. The Morgan fingerprint density at radius 3 is 2.26 bits per heavy atom. The zero-order valence-electron chi connectivity index (χ0n) is 11.0. The summed E-state index contributed by atoms with van der Waals surface area (Å²) in [6.45, 7) is 3.41. The molecule has 0 fully saturated rings. The van der Waals surface area contributed by atoms with Gasteiger partial charge in [0.15, 0.2) is 11.5 Å². The lowest BCUT2D eigenvalue weighted by atomic mass is 9.92. The van der Waals surface area contributed by atoms with Gasteiger partial charge in [-0.1, -0.05) is 6.92 Å². The lowest BCUT2D eigenvalue weighted by molar-refractivity contribution is 0.149. The Morgan fingerprint density at radius 2 is 1.74 bits per heavy atom. The molecule has 1 aromatic carbocycles. The molecule has 1 aromatic rings. The van der Waals surface area contributed by atoms with Crippen molar-refractivity contribution in [2.24, 2.45) is 5.73 Å². The van der Waals surface area contributed by atoms with Crippen molar-refractivity contribution in [1.29, 1.82) is 0 Å². The van der Waals surface area contributed by atoms with Crippen LogP contribution in [0, 0.1) is 0 Å². The molecule has 0 spiro atoms. The third-order valence-electron chi connectivity index (χ3n) is 3.32. The summed E-state index contributed by atoms with van der Waals surface area (Å²) in [4.78, 5) is 0. The lowest BCUT2D eigenvalue weighted by Crippen LogP contribution is -2.08. The van der Waals surface area contributed by atoms with E-state index in [0.717, 1.165) is 6.42 Å². The van der Waals surface area contributed by atoms with Gasteiger partial charge in [0.1, 0.15) is 0 Å². The van der Waals surface area contributed by atoms with E-state index >= 15 is 0 Å². The summed E-state index contributed by atoms with van der Waals surface area (Å²) >= 11 is 0. The largest absolute Gasteiger partial charge is 0.490 e. The van der Waals surface area contributed by atoms with E-state index in [0.29, 0.717) is 43.2 Å². The Labute approximate surface area is 111 Å². The van der Waals surface area contributed by atoms with E-state index in [9.17, 15) is 8.78 Å². The number of alkyl halides is 2. The second-order valence-electron chi connectivity index (χ2n) is 4.76. The molecule has 0 aromatic heterocycles. The highest BCUT2D eigenvalue weighted by Crippen LogP contribution is 2.39. The average Bonchev–Trinajstić information content (AvgIpc) is 2.61. The molecule has 106 valence electrons. The molecular formula is C14H19F2NO2. The van der Waals surface area contributed by atoms with E-state index in [1.54, 1.807) is 6.07 Å². The lowest BCUT2D eigenvalue weighted by Gasteiger charge is -2.18. The molecule has 1 unspecified atom stereocenters. The van der Waals surface area contributed by atoms with Gasteiger partial charge in [-0.2, -0.15) is 0 Å². The maximum Gasteiger partial charge on any atom is 0.264 e. The summed E-state index contributed by atoms with van der Waals surface area (Å²) in [5.41, 5.74) is 6.13. The van der Waals surface area contributed by atoms with Crippen LogP contribution in [0.25, 0.3) is 0 Å². The maximum atomic E-state index is 13.2. The number of hydrogen-bond donors (Lipinski definition) is 1. The number of fused-ring (bicyclic) bond motifs is 1. The molecule has 0 saturated carbocycles. The van der Waals surface area contributed by atoms with Gasteiger partial charge in [0.05, 0.1) is 13.2 Å². The zero-order chi connectivity index (χ0) is 13.8. The van der Waals surface area contributed by atoms with Crippen molar-refractivity contribution in [1.82, 2.24) is 0 Å². The van der Waals surface area contributed by atoms with Gasteiger partial charge < -0.3 is 15.2 Å². The molecule has 1 aliphatic heterocycles. The van der Waals surface area contributed by atoms with Crippen molar-refractivity contribution < 1.29 is 18.3 Å². The maximum absolute atomic E-state index is 13.2. The van der Waals surface area contributed by atoms with E-state index < -0.39 is 6.43 Å². The topological polar surface area (TPSA) is 44.5 Å². The van der Waals surface area contributed by atoms with E-state index in [2.05, 4.69) is 0 Å². The van der Waals surface area contributed by atoms with Crippen LogP contribution in [0.2, 0.25) is 0 Å². The smallest absolute Gasteiger partial charge is 0.264 e. The van der Waals surface area contributed by atoms with Crippen molar-refractivity contribution in [3.8, 4) is 11.5 Å². The second kappa shape index (κ2) is 6.19. The van der Waals surface area contributed by atoms with Crippen LogP contribution in [0.4, 0.5) is 8.78 Å². The van der Waals surface area contributed by atoms with E-state index in [1.165, 1.54) is 6.07 Å². The molecule has 0 radical (unpaired) electrons. The zero-order valence-corrected chi connectivity index (χ0v) is 11.0. The number of ether oxygens (including phenoxy) is 2. The molecule has 1 aliphatic rings. The van der Waals surface area contributed by atoms with Crippen LogP contribution in [0.3, 0.4) is 0 Å². The van der Waals surface area contributed by atoms with Gasteiger partial charge in [0, 0.05) is 12.0 Å². The third-order valence-corrected chi connectivity index (χ3v) is 3.32. The van der Waals surface area contributed by atoms with E-state index in [4.69, 9.17) is 15.2 Å². The minimum Gasteiger partial charge on any atom is -0.490 e. The van der Waals surface area contributed by atoms with Crippen molar-refractivity contribution in [3.05, 3.63) is 23.3 Å². The fourth-order valence-corrected chi connectivity index (χ4v) is 2.26. The highest BCUT2D eigenvalue weighted by Gasteiger charge is 2.22. The van der Waals surface area contributed by atoms with Crippen molar-refractivity contribution in [3.63, 3.8) is 0 Å². The van der Waals surface area contributed by atoms with Crippen LogP contribution < -0.4 is 15.2 Å². The average molecular weight is 271 g/mol. The first-order valence-corrected chi connectivity index (χ1v) is 6.55. The van der Waals surface area contributed by atoms with Gasteiger partial charge in [-0.15, -0.1) is 0 Å².